The van der Waals surface area contributed by atoms with Gasteiger partial charge in [0.25, 0.3) is 0 Å². The average Bonchev–Trinajstić information content (AvgIpc) is 2.96. The van der Waals surface area contributed by atoms with Gasteiger partial charge in [-0.05, 0) is 30.3 Å². The van der Waals surface area contributed by atoms with Gasteiger partial charge in [-0.1, -0.05) is 36.4 Å². The van der Waals surface area contributed by atoms with Gasteiger partial charge in [0.15, 0.2) is 0 Å². The summed E-state index contributed by atoms with van der Waals surface area (Å²) in [7, 11) is 0. The van der Waals surface area contributed by atoms with Crippen molar-refractivity contribution in [3.8, 4) is 10.6 Å². The van der Waals surface area contributed by atoms with Gasteiger partial charge in [0.1, 0.15) is 11.6 Å². The maximum atomic E-state index is 11.9. The highest BCUT2D eigenvalue weighted by Crippen LogP contribution is 2.31. The van der Waals surface area contributed by atoms with Gasteiger partial charge in [0.2, 0.25) is 0 Å². The summed E-state index contributed by atoms with van der Waals surface area (Å²) in [6.07, 6.45) is 1.54. The van der Waals surface area contributed by atoms with E-state index in [-0.39, 0.29) is 12.6 Å². The van der Waals surface area contributed by atoms with E-state index in [0.717, 1.165) is 20.8 Å². The molecule has 0 fully saturated rings. The number of carbonyl (C=O) groups is 1. The summed E-state index contributed by atoms with van der Waals surface area (Å²) in [5.41, 5.74) is 2.37. The van der Waals surface area contributed by atoms with Crippen molar-refractivity contribution in [3.63, 3.8) is 0 Å². The van der Waals surface area contributed by atoms with Crippen LogP contribution in [-0.4, -0.2) is 17.6 Å². The Morgan fingerprint density at radius 2 is 2.05 bits per heavy atom. The first-order valence-corrected chi connectivity index (χ1v) is 7.81. The van der Waals surface area contributed by atoms with Crippen LogP contribution >= 0.6 is 22.9 Å². The van der Waals surface area contributed by atoms with Crippen LogP contribution in [-0.2, 0) is 4.74 Å². The third-order valence-corrected chi connectivity index (χ3v) is 4.37. The van der Waals surface area contributed by atoms with Crippen molar-refractivity contribution < 1.29 is 9.53 Å². The van der Waals surface area contributed by atoms with E-state index in [9.17, 15) is 4.79 Å². The lowest BCUT2D eigenvalue weighted by Gasteiger charge is -2.00. The molecule has 0 unspecified atom stereocenters. The molecule has 3 aromatic rings. The number of ether oxygens (including phenoxy) is 1. The van der Waals surface area contributed by atoms with E-state index in [0.29, 0.717) is 10.6 Å². The van der Waals surface area contributed by atoms with Gasteiger partial charge in [0.05, 0.1) is 15.8 Å². The molecule has 0 aliphatic heterocycles. The number of aromatic nitrogens is 1. The minimum absolute atomic E-state index is 0.204. The number of halogens is 1. The SMILES string of the molecule is C=CCOC(=O)c1ccc2nc(-c3ccc(Cl)cc3)sc2c1. The highest BCUT2D eigenvalue weighted by Gasteiger charge is 2.11. The number of thiazole rings is 1. The zero-order valence-corrected chi connectivity index (χ0v) is 13.2. The fraction of sp³-hybridized carbons (Fsp3) is 0.0588. The molecule has 0 spiro atoms. The molecule has 0 saturated carbocycles. The van der Waals surface area contributed by atoms with Gasteiger partial charge in [0, 0.05) is 10.6 Å². The summed E-state index contributed by atoms with van der Waals surface area (Å²) >= 11 is 7.43. The minimum Gasteiger partial charge on any atom is -0.458 e. The second-order valence-corrected chi connectivity index (χ2v) is 6.06. The number of rotatable bonds is 4. The molecular formula is C17H12ClNO2S. The average molecular weight is 330 g/mol. The van der Waals surface area contributed by atoms with Crippen LogP contribution in [0, 0.1) is 0 Å². The van der Waals surface area contributed by atoms with Crippen LogP contribution in [0.2, 0.25) is 5.02 Å². The Labute approximate surface area is 136 Å². The largest absolute Gasteiger partial charge is 0.458 e. The fourth-order valence-electron chi connectivity index (χ4n) is 1.99. The molecule has 1 aromatic heterocycles. The van der Waals surface area contributed by atoms with Crippen molar-refractivity contribution >= 4 is 39.1 Å². The number of hydrogen-bond acceptors (Lipinski definition) is 4. The number of esters is 1. The van der Waals surface area contributed by atoms with Gasteiger partial charge < -0.3 is 4.74 Å². The highest BCUT2D eigenvalue weighted by atomic mass is 35.5. The van der Waals surface area contributed by atoms with Crippen molar-refractivity contribution in [3.05, 3.63) is 65.7 Å². The lowest BCUT2D eigenvalue weighted by molar-refractivity contribution is 0.0550. The molecule has 0 N–H and O–H groups in total. The summed E-state index contributed by atoms with van der Waals surface area (Å²) in [4.78, 5) is 16.4. The van der Waals surface area contributed by atoms with E-state index in [4.69, 9.17) is 16.3 Å². The van der Waals surface area contributed by atoms with E-state index >= 15 is 0 Å². The molecule has 22 heavy (non-hydrogen) atoms. The van der Waals surface area contributed by atoms with Gasteiger partial charge >= 0.3 is 5.97 Å². The minimum atomic E-state index is -0.358. The molecule has 0 aliphatic rings. The van der Waals surface area contributed by atoms with Crippen molar-refractivity contribution in [2.75, 3.05) is 6.61 Å². The zero-order valence-electron chi connectivity index (χ0n) is 11.6. The van der Waals surface area contributed by atoms with E-state index in [2.05, 4.69) is 11.6 Å². The molecule has 3 rings (SSSR count). The second-order valence-electron chi connectivity index (χ2n) is 4.60. The summed E-state index contributed by atoms with van der Waals surface area (Å²) in [6.45, 7) is 3.73. The monoisotopic (exact) mass is 329 g/mol. The van der Waals surface area contributed by atoms with Crippen molar-refractivity contribution in [2.45, 2.75) is 0 Å². The summed E-state index contributed by atoms with van der Waals surface area (Å²) in [6, 6.07) is 12.9. The Morgan fingerprint density at radius 1 is 1.27 bits per heavy atom. The molecule has 2 aromatic carbocycles. The maximum absolute atomic E-state index is 11.9. The lowest BCUT2D eigenvalue weighted by atomic mass is 10.2. The van der Waals surface area contributed by atoms with Crippen LogP contribution < -0.4 is 0 Å². The van der Waals surface area contributed by atoms with Crippen LogP contribution in [0.15, 0.2) is 55.1 Å². The van der Waals surface area contributed by atoms with Crippen molar-refractivity contribution in [1.29, 1.82) is 0 Å². The van der Waals surface area contributed by atoms with Crippen LogP contribution in [0.1, 0.15) is 10.4 Å². The van der Waals surface area contributed by atoms with Crippen molar-refractivity contribution in [1.82, 2.24) is 4.98 Å². The van der Waals surface area contributed by atoms with Gasteiger partial charge in [-0.3, -0.25) is 0 Å². The quantitative estimate of drug-likeness (QED) is 0.501. The van der Waals surface area contributed by atoms with E-state index in [1.165, 1.54) is 11.3 Å². The third-order valence-electron chi connectivity index (χ3n) is 3.05. The Balaban J connectivity index is 1.94. The molecule has 0 radical (unpaired) electrons. The fourth-order valence-corrected chi connectivity index (χ4v) is 3.12. The standard InChI is InChI=1S/C17H12ClNO2S/c1-2-9-21-17(20)12-5-8-14-15(10-12)22-16(19-14)11-3-6-13(18)7-4-11/h2-8,10H,1,9H2. The molecular weight excluding hydrogens is 318 g/mol. The van der Waals surface area contributed by atoms with Gasteiger partial charge in [-0.2, -0.15) is 0 Å². The summed E-state index contributed by atoms with van der Waals surface area (Å²) < 4.78 is 5.99. The lowest BCUT2D eigenvalue weighted by Crippen LogP contribution is -2.04. The molecule has 0 atom stereocenters. The first-order valence-electron chi connectivity index (χ1n) is 6.62. The Morgan fingerprint density at radius 3 is 2.77 bits per heavy atom. The van der Waals surface area contributed by atoms with Crippen LogP contribution in [0.5, 0.6) is 0 Å². The first-order chi connectivity index (χ1) is 10.7. The molecule has 110 valence electrons. The molecule has 1 heterocycles. The first kappa shape index (κ1) is 14.8. The van der Waals surface area contributed by atoms with Gasteiger partial charge in [-0.15, -0.1) is 11.3 Å². The number of carbonyl (C=O) groups excluding carboxylic acids is 1. The predicted octanol–water partition coefficient (Wildman–Crippen LogP) is 4.96. The predicted molar refractivity (Wildman–Crippen MR) is 90.5 cm³/mol. The molecule has 0 aliphatic carbocycles. The van der Waals surface area contributed by atoms with E-state index < -0.39 is 0 Å². The summed E-state index contributed by atoms with van der Waals surface area (Å²) in [5, 5.41) is 1.58. The normalized spacial score (nSPS) is 10.6. The molecule has 0 saturated heterocycles. The maximum Gasteiger partial charge on any atom is 0.338 e. The van der Waals surface area contributed by atoms with Gasteiger partial charge in [-0.25, -0.2) is 9.78 Å². The smallest absolute Gasteiger partial charge is 0.338 e. The highest BCUT2D eigenvalue weighted by molar-refractivity contribution is 7.21. The van der Waals surface area contributed by atoms with Crippen LogP contribution in [0.4, 0.5) is 0 Å². The Kier molecular flexibility index (Phi) is 4.22. The van der Waals surface area contributed by atoms with Crippen LogP contribution in [0.25, 0.3) is 20.8 Å². The molecule has 5 heteroatoms. The zero-order chi connectivity index (χ0) is 15.5. The molecule has 3 nitrogen and oxygen atoms in total. The Bertz CT molecular complexity index is 839. The Hall–Kier alpha value is -2.17. The molecule has 0 amide bonds. The van der Waals surface area contributed by atoms with E-state index in [1.807, 2.05) is 30.3 Å². The van der Waals surface area contributed by atoms with E-state index in [1.54, 1.807) is 18.2 Å². The number of benzene rings is 2. The number of fused-ring (bicyclic) bond motifs is 1. The van der Waals surface area contributed by atoms with Crippen molar-refractivity contribution in [2.24, 2.45) is 0 Å². The topological polar surface area (TPSA) is 39.2 Å². The third kappa shape index (κ3) is 3.03. The second kappa shape index (κ2) is 6.30. The summed E-state index contributed by atoms with van der Waals surface area (Å²) in [5.74, 6) is -0.358. The molecule has 0 bridgehead atoms. The number of hydrogen-bond donors (Lipinski definition) is 0. The number of nitrogens with zero attached hydrogens (tertiary/aromatic N) is 1. The van der Waals surface area contributed by atoms with Crippen LogP contribution in [0.3, 0.4) is 0 Å².